The van der Waals surface area contributed by atoms with E-state index in [2.05, 4.69) is 0 Å². The molecular formula is C15H20F2NO2+. The standard InChI is InChI=1S/C15H19F2NO2/c1-2-20-15(19)14-5-3-4-8-18(14)10-11-6-7-12(16)9-13(11)17/h6-7,9,14H,2-5,8,10H2,1H3/p+1/t14-/m0/s1. The van der Waals surface area contributed by atoms with Gasteiger partial charge in [0.05, 0.1) is 13.2 Å². The topological polar surface area (TPSA) is 30.7 Å². The zero-order valence-electron chi connectivity index (χ0n) is 11.6. The molecule has 0 bridgehead atoms. The average molecular weight is 284 g/mol. The Morgan fingerprint density at radius 1 is 1.40 bits per heavy atom. The Morgan fingerprint density at radius 2 is 2.20 bits per heavy atom. The highest BCUT2D eigenvalue weighted by molar-refractivity contribution is 5.74. The number of ether oxygens (including phenoxy) is 1. The second-order valence-corrected chi connectivity index (χ2v) is 5.12. The van der Waals surface area contributed by atoms with Crippen molar-refractivity contribution in [1.29, 1.82) is 0 Å². The Morgan fingerprint density at radius 3 is 2.90 bits per heavy atom. The zero-order valence-corrected chi connectivity index (χ0v) is 11.6. The molecule has 1 aromatic rings. The van der Waals surface area contributed by atoms with E-state index in [1.54, 1.807) is 6.92 Å². The third kappa shape index (κ3) is 3.54. The average Bonchev–Trinajstić information content (AvgIpc) is 2.43. The van der Waals surface area contributed by atoms with Crippen LogP contribution >= 0.6 is 0 Å². The molecule has 1 N–H and O–H groups in total. The molecule has 1 unspecified atom stereocenters. The van der Waals surface area contributed by atoms with Crippen LogP contribution in [0.4, 0.5) is 8.78 Å². The fourth-order valence-electron chi connectivity index (χ4n) is 2.73. The van der Waals surface area contributed by atoms with E-state index in [0.29, 0.717) is 18.7 Å². The van der Waals surface area contributed by atoms with E-state index in [0.717, 1.165) is 36.8 Å². The molecule has 0 aliphatic carbocycles. The van der Waals surface area contributed by atoms with Crippen LogP contribution in [0.25, 0.3) is 0 Å². The summed E-state index contributed by atoms with van der Waals surface area (Å²) in [5.74, 6) is -1.35. The lowest BCUT2D eigenvalue weighted by Gasteiger charge is -2.31. The first-order valence-corrected chi connectivity index (χ1v) is 7.07. The van der Waals surface area contributed by atoms with Gasteiger partial charge in [-0.05, 0) is 31.9 Å². The molecule has 1 aromatic carbocycles. The molecule has 0 spiro atoms. The van der Waals surface area contributed by atoms with Crippen LogP contribution in [-0.2, 0) is 16.1 Å². The second-order valence-electron chi connectivity index (χ2n) is 5.12. The van der Waals surface area contributed by atoms with E-state index in [1.807, 2.05) is 0 Å². The molecule has 0 aromatic heterocycles. The molecule has 5 heteroatoms. The smallest absolute Gasteiger partial charge is 0.364 e. The highest BCUT2D eigenvalue weighted by atomic mass is 19.1. The Bertz CT molecular complexity index is 479. The first kappa shape index (κ1) is 14.9. The normalized spacial score (nSPS) is 22.6. The van der Waals surface area contributed by atoms with Crippen molar-refractivity contribution in [2.45, 2.75) is 38.8 Å². The van der Waals surface area contributed by atoms with Crippen LogP contribution in [0.1, 0.15) is 31.7 Å². The van der Waals surface area contributed by atoms with Crippen molar-refractivity contribution < 1.29 is 23.2 Å². The van der Waals surface area contributed by atoms with E-state index >= 15 is 0 Å². The van der Waals surface area contributed by atoms with Crippen LogP contribution in [0.3, 0.4) is 0 Å². The van der Waals surface area contributed by atoms with Crippen molar-refractivity contribution in [2.24, 2.45) is 0 Å². The van der Waals surface area contributed by atoms with E-state index in [1.165, 1.54) is 12.1 Å². The lowest BCUT2D eigenvalue weighted by atomic mass is 10.0. The molecule has 1 fully saturated rings. The predicted molar refractivity (Wildman–Crippen MR) is 70.2 cm³/mol. The number of carbonyl (C=O) groups is 1. The number of esters is 1. The van der Waals surface area contributed by atoms with Gasteiger partial charge < -0.3 is 9.64 Å². The van der Waals surface area contributed by atoms with Crippen LogP contribution in [0.2, 0.25) is 0 Å². The van der Waals surface area contributed by atoms with Gasteiger partial charge in [-0.15, -0.1) is 0 Å². The molecule has 0 saturated carbocycles. The van der Waals surface area contributed by atoms with Gasteiger partial charge in [-0.3, -0.25) is 0 Å². The maximum absolute atomic E-state index is 13.7. The van der Waals surface area contributed by atoms with Gasteiger partial charge in [0, 0.05) is 18.1 Å². The van der Waals surface area contributed by atoms with Gasteiger partial charge in [0.2, 0.25) is 0 Å². The molecule has 2 atom stereocenters. The molecule has 1 heterocycles. The van der Waals surface area contributed by atoms with Crippen molar-refractivity contribution in [1.82, 2.24) is 0 Å². The molecule has 3 nitrogen and oxygen atoms in total. The number of halogens is 2. The van der Waals surface area contributed by atoms with Gasteiger partial charge in [-0.25, -0.2) is 13.6 Å². The summed E-state index contributed by atoms with van der Waals surface area (Å²) in [6.45, 7) is 3.32. The minimum absolute atomic E-state index is 0.218. The number of rotatable bonds is 4. The van der Waals surface area contributed by atoms with Gasteiger partial charge in [-0.1, -0.05) is 0 Å². The number of piperidine rings is 1. The number of hydrogen-bond acceptors (Lipinski definition) is 2. The van der Waals surface area contributed by atoms with Crippen LogP contribution in [0.5, 0.6) is 0 Å². The summed E-state index contributed by atoms with van der Waals surface area (Å²) in [5.41, 5.74) is 0.442. The number of carbonyl (C=O) groups excluding carboxylic acids is 1. The fourth-order valence-corrected chi connectivity index (χ4v) is 2.73. The molecule has 0 amide bonds. The van der Waals surface area contributed by atoms with Crippen molar-refractivity contribution >= 4 is 5.97 Å². The van der Waals surface area contributed by atoms with Crippen LogP contribution in [-0.4, -0.2) is 25.2 Å². The molecule has 1 aliphatic heterocycles. The van der Waals surface area contributed by atoms with Gasteiger partial charge in [0.25, 0.3) is 0 Å². The number of hydrogen-bond donors (Lipinski definition) is 1. The largest absolute Gasteiger partial charge is 0.462 e. The van der Waals surface area contributed by atoms with Gasteiger partial charge in [0.15, 0.2) is 6.04 Å². The third-order valence-corrected chi connectivity index (χ3v) is 3.74. The number of benzene rings is 1. The zero-order chi connectivity index (χ0) is 14.5. The maximum atomic E-state index is 13.7. The molecule has 1 aliphatic rings. The number of quaternary nitrogens is 1. The molecule has 20 heavy (non-hydrogen) atoms. The van der Waals surface area contributed by atoms with E-state index in [9.17, 15) is 13.6 Å². The Kier molecular flexibility index (Phi) is 5.06. The first-order chi connectivity index (χ1) is 9.61. The minimum atomic E-state index is -0.582. The monoisotopic (exact) mass is 284 g/mol. The number of nitrogens with one attached hydrogen (secondary N) is 1. The molecular weight excluding hydrogens is 264 g/mol. The Hall–Kier alpha value is -1.49. The summed E-state index contributed by atoms with van der Waals surface area (Å²) in [6.07, 6.45) is 2.75. The SMILES string of the molecule is CCOC(=O)[C@@H]1CCCC[NH+]1Cc1ccc(F)cc1F. The highest BCUT2D eigenvalue weighted by Gasteiger charge is 2.34. The van der Waals surface area contributed by atoms with E-state index in [4.69, 9.17) is 4.74 Å². The van der Waals surface area contributed by atoms with E-state index in [-0.39, 0.29) is 12.0 Å². The van der Waals surface area contributed by atoms with Crippen molar-refractivity contribution in [3.8, 4) is 0 Å². The summed E-state index contributed by atoms with van der Waals surface area (Å²) in [5, 5.41) is 0. The van der Waals surface area contributed by atoms with Crippen LogP contribution in [0, 0.1) is 11.6 Å². The molecule has 1 saturated heterocycles. The van der Waals surface area contributed by atoms with Crippen molar-refractivity contribution in [2.75, 3.05) is 13.2 Å². The van der Waals surface area contributed by atoms with Gasteiger partial charge >= 0.3 is 5.97 Å². The van der Waals surface area contributed by atoms with Gasteiger partial charge in [-0.2, -0.15) is 0 Å². The molecule has 0 radical (unpaired) electrons. The first-order valence-electron chi connectivity index (χ1n) is 7.07. The predicted octanol–water partition coefficient (Wildman–Crippen LogP) is 1.47. The van der Waals surface area contributed by atoms with Crippen molar-refractivity contribution in [3.05, 3.63) is 35.4 Å². The van der Waals surface area contributed by atoms with Crippen molar-refractivity contribution in [3.63, 3.8) is 0 Å². The maximum Gasteiger partial charge on any atom is 0.364 e. The third-order valence-electron chi connectivity index (χ3n) is 3.74. The summed E-state index contributed by atoms with van der Waals surface area (Å²) in [7, 11) is 0. The quantitative estimate of drug-likeness (QED) is 0.849. The van der Waals surface area contributed by atoms with Gasteiger partial charge in [0.1, 0.15) is 18.2 Å². The van der Waals surface area contributed by atoms with Crippen LogP contribution in [0.15, 0.2) is 18.2 Å². The highest BCUT2D eigenvalue weighted by Crippen LogP contribution is 2.10. The minimum Gasteiger partial charge on any atom is -0.462 e. The summed E-state index contributed by atoms with van der Waals surface area (Å²) < 4.78 is 31.7. The summed E-state index contributed by atoms with van der Waals surface area (Å²) in [6, 6.07) is 3.35. The Labute approximate surface area is 117 Å². The summed E-state index contributed by atoms with van der Waals surface area (Å²) >= 11 is 0. The number of likely N-dealkylation sites (tertiary alicyclic amines) is 1. The second kappa shape index (κ2) is 6.79. The van der Waals surface area contributed by atoms with Crippen LogP contribution < -0.4 is 4.90 Å². The lowest BCUT2D eigenvalue weighted by molar-refractivity contribution is -0.935. The Balaban J connectivity index is 2.10. The fraction of sp³-hybridized carbons (Fsp3) is 0.533. The van der Waals surface area contributed by atoms with E-state index < -0.39 is 11.6 Å². The summed E-state index contributed by atoms with van der Waals surface area (Å²) in [4.78, 5) is 12.9. The lowest BCUT2D eigenvalue weighted by Crippen LogP contribution is -3.16. The molecule has 2 rings (SSSR count). The molecule has 110 valence electrons.